The fourth-order valence-electron chi connectivity index (χ4n) is 3.63. The van der Waals surface area contributed by atoms with E-state index in [2.05, 4.69) is 10.1 Å². The van der Waals surface area contributed by atoms with Gasteiger partial charge in [-0.05, 0) is 36.8 Å². The third-order valence-corrected chi connectivity index (χ3v) is 5.31. The quantitative estimate of drug-likeness (QED) is 0.339. The molecule has 2 amide bonds. The van der Waals surface area contributed by atoms with Crippen LogP contribution in [0.3, 0.4) is 0 Å². The molecule has 1 aromatic heterocycles. The van der Waals surface area contributed by atoms with Gasteiger partial charge in [-0.3, -0.25) is 9.59 Å². The zero-order chi connectivity index (χ0) is 22.9. The van der Waals surface area contributed by atoms with E-state index in [9.17, 15) is 14.4 Å². The molecule has 5 rings (SSSR count). The fourth-order valence-corrected chi connectivity index (χ4v) is 3.63. The fraction of sp³-hybridized carbons (Fsp3) is 0.0800. The van der Waals surface area contributed by atoms with Crippen LogP contribution in [-0.4, -0.2) is 27.9 Å². The van der Waals surface area contributed by atoms with Crippen LogP contribution in [0.2, 0.25) is 0 Å². The summed E-state index contributed by atoms with van der Waals surface area (Å²) in [5.41, 5.74) is 2.62. The van der Waals surface area contributed by atoms with E-state index in [1.54, 1.807) is 12.1 Å². The van der Waals surface area contributed by atoms with Crippen molar-refractivity contribution in [2.75, 3.05) is 4.90 Å². The minimum Gasteiger partial charge on any atom is -0.452 e. The summed E-state index contributed by atoms with van der Waals surface area (Å²) in [6.07, 6.45) is 0. The van der Waals surface area contributed by atoms with Crippen molar-refractivity contribution in [3.8, 4) is 11.4 Å². The summed E-state index contributed by atoms with van der Waals surface area (Å²) in [4.78, 5) is 43.7. The highest BCUT2D eigenvalue weighted by atomic mass is 16.6. The van der Waals surface area contributed by atoms with Crippen LogP contribution in [0.15, 0.2) is 77.3 Å². The first-order chi connectivity index (χ1) is 16.0. The molecule has 0 saturated heterocycles. The molecule has 3 aromatic carbocycles. The normalized spacial score (nSPS) is 12.7. The first-order valence-electron chi connectivity index (χ1n) is 10.2. The number of esters is 1. The third kappa shape index (κ3) is 3.67. The van der Waals surface area contributed by atoms with Gasteiger partial charge in [-0.1, -0.05) is 53.7 Å². The van der Waals surface area contributed by atoms with Gasteiger partial charge in [-0.15, -0.1) is 0 Å². The maximum atomic E-state index is 13.0. The number of hydrogen-bond donors (Lipinski definition) is 0. The Morgan fingerprint density at radius 3 is 2.45 bits per heavy atom. The van der Waals surface area contributed by atoms with E-state index >= 15 is 0 Å². The highest BCUT2D eigenvalue weighted by molar-refractivity contribution is 6.34. The number of carbonyl (C=O) groups excluding carboxylic acids is 3. The lowest BCUT2D eigenvalue weighted by molar-refractivity contribution is 0.0429. The van der Waals surface area contributed by atoms with Gasteiger partial charge in [-0.25, -0.2) is 9.69 Å². The van der Waals surface area contributed by atoms with Gasteiger partial charge in [-0.2, -0.15) is 4.98 Å². The predicted octanol–water partition coefficient (Wildman–Crippen LogP) is 4.20. The molecule has 0 fully saturated rings. The summed E-state index contributed by atoms with van der Waals surface area (Å²) in [6.45, 7) is 1.60. The highest BCUT2D eigenvalue weighted by Crippen LogP contribution is 2.31. The number of aromatic nitrogens is 2. The van der Waals surface area contributed by atoms with Crippen LogP contribution >= 0.6 is 0 Å². The molecule has 2 heterocycles. The Morgan fingerprint density at radius 1 is 0.939 bits per heavy atom. The largest absolute Gasteiger partial charge is 0.452 e. The van der Waals surface area contributed by atoms with Crippen LogP contribution in [0, 0.1) is 6.92 Å². The molecular weight excluding hydrogens is 422 g/mol. The molecule has 0 radical (unpaired) electrons. The van der Waals surface area contributed by atoms with Crippen LogP contribution in [0.25, 0.3) is 11.4 Å². The number of para-hydroxylation sites is 1. The monoisotopic (exact) mass is 439 g/mol. The second kappa shape index (κ2) is 8.16. The average Bonchev–Trinajstić information content (AvgIpc) is 3.41. The Hall–Kier alpha value is -4.59. The summed E-state index contributed by atoms with van der Waals surface area (Å²) in [5, 5.41) is 3.88. The number of fused-ring (bicyclic) bond motifs is 1. The van der Waals surface area contributed by atoms with Crippen molar-refractivity contribution < 1.29 is 23.6 Å². The molecule has 1 aliphatic rings. The van der Waals surface area contributed by atoms with Crippen molar-refractivity contribution >= 4 is 23.5 Å². The van der Waals surface area contributed by atoms with E-state index < -0.39 is 17.8 Å². The number of ether oxygens (including phenoxy) is 1. The van der Waals surface area contributed by atoms with E-state index in [1.807, 2.05) is 49.4 Å². The van der Waals surface area contributed by atoms with E-state index in [0.717, 1.165) is 16.0 Å². The van der Waals surface area contributed by atoms with Crippen molar-refractivity contribution in [3.05, 3.63) is 101 Å². The standard InChI is InChI=1S/C25H17N3O5/c1-15-7-5-6-10-20(15)28-23(29)18-12-11-17(13-19(18)24(28)30)25(31)32-14-21-26-22(27-33-21)16-8-3-2-4-9-16/h2-13H,14H2,1H3. The molecule has 4 aromatic rings. The molecule has 162 valence electrons. The first-order valence-corrected chi connectivity index (χ1v) is 10.2. The maximum absolute atomic E-state index is 13.0. The third-order valence-electron chi connectivity index (χ3n) is 5.31. The molecule has 33 heavy (non-hydrogen) atoms. The van der Waals surface area contributed by atoms with Crippen molar-refractivity contribution in [2.24, 2.45) is 0 Å². The summed E-state index contributed by atoms with van der Waals surface area (Å²) in [7, 11) is 0. The number of rotatable bonds is 5. The minimum absolute atomic E-state index is 0.139. The van der Waals surface area contributed by atoms with Crippen molar-refractivity contribution in [1.29, 1.82) is 0 Å². The Balaban J connectivity index is 1.32. The molecule has 0 bridgehead atoms. The van der Waals surface area contributed by atoms with Gasteiger partial charge in [0.1, 0.15) is 0 Å². The molecule has 8 heteroatoms. The molecule has 0 aliphatic carbocycles. The van der Waals surface area contributed by atoms with Gasteiger partial charge in [0, 0.05) is 5.56 Å². The number of nitrogens with zero attached hydrogens (tertiary/aromatic N) is 3. The van der Waals surface area contributed by atoms with Crippen molar-refractivity contribution in [2.45, 2.75) is 13.5 Å². The lowest BCUT2D eigenvalue weighted by atomic mass is 10.1. The van der Waals surface area contributed by atoms with Crippen LogP contribution < -0.4 is 4.90 Å². The molecule has 0 atom stereocenters. The van der Waals surface area contributed by atoms with Crippen LogP contribution in [0.4, 0.5) is 5.69 Å². The lowest BCUT2D eigenvalue weighted by Gasteiger charge is -2.16. The molecule has 0 unspecified atom stereocenters. The molecule has 1 aliphatic heterocycles. The van der Waals surface area contributed by atoms with Crippen LogP contribution in [-0.2, 0) is 11.3 Å². The number of carbonyl (C=O) groups is 3. The van der Waals surface area contributed by atoms with Crippen molar-refractivity contribution in [1.82, 2.24) is 10.1 Å². The van der Waals surface area contributed by atoms with Gasteiger partial charge in [0.15, 0.2) is 6.61 Å². The zero-order valence-corrected chi connectivity index (χ0v) is 17.5. The van der Waals surface area contributed by atoms with E-state index in [-0.39, 0.29) is 29.2 Å². The van der Waals surface area contributed by atoms with Gasteiger partial charge < -0.3 is 9.26 Å². The Bertz CT molecular complexity index is 1390. The number of aryl methyl sites for hydroxylation is 1. The van der Waals surface area contributed by atoms with Gasteiger partial charge in [0.2, 0.25) is 5.82 Å². The molecule has 0 spiro atoms. The molecule has 0 N–H and O–H groups in total. The maximum Gasteiger partial charge on any atom is 0.338 e. The van der Waals surface area contributed by atoms with E-state index in [4.69, 9.17) is 9.26 Å². The smallest absolute Gasteiger partial charge is 0.338 e. The number of benzene rings is 3. The van der Waals surface area contributed by atoms with Crippen LogP contribution in [0.1, 0.15) is 42.5 Å². The Kier molecular flexibility index (Phi) is 5.02. The second-order valence-corrected chi connectivity index (χ2v) is 7.45. The molecular formula is C25H17N3O5. The lowest BCUT2D eigenvalue weighted by Crippen LogP contribution is -2.29. The van der Waals surface area contributed by atoms with Gasteiger partial charge in [0.05, 0.1) is 22.4 Å². The van der Waals surface area contributed by atoms with Crippen molar-refractivity contribution in [3.63, 3.8) is 0 Å². The zero-order valence-electron chi connectivity index (χ0n) is 17.5. The topological polar surface area (TPSA) is 103 Å². The second-order valence-electron chi connectivity index (χ2n) is 7.45. The predicted molar refractivity (Wildman–Crippen MR) is 118 cm³/mol. The SMILES string of the molecule is Cc1ccccc1N1C(=O)c2ccc(C(=O)OCc3nc(-c4ccccc4)no3)cc2C1=O. The summed E-state index contributed by atoms with van der Waals surface area (Å²) >= 11 is 0. The summed E-state index contributed by atoms with van der Waals surface area (Å²) < 4.78 is 10.4. The van der Waals surface area contributed by atoms with Gasteiger partial charge in [0.25, 0.3) is 17.7 Å². The summed E-state index contributed by atoms with van der Waals surface area (Å²) in [6, 6.07) is 20.7. The number of amides is 2. The highest BCUT2D eigenvalue weighted by Gasteiger charge is 2.37. The average molecular weight is 439 g/mol. The minimum atomic E-state index is -0.674. The number of imide groups is 1. The number of anilines is 1. The Labute approximate surface area is 188 Å². The van der Waals surface area contributed by atoms with E-state index in [0.29, 0.717) is 11.5 Å². The van der Waals surface area contributed by atoms with Gasteiger partial charge >= 0.3 is 5.97 Å². The molecule has 0 saturated carbocycles. The van der Waals surface area contributed by atoms with E-state index in [1.165, 1.54) is 18.2 Å². The Morgan fingerprint density at radius 2 is 1.67 bits per heavy atom. The number of hydrogen-bond acceptors (Lipinski definition) is 7. The van der Waals surface area contributed by atoms with Crippen LogP contribution in [0.5, 0.6) is 0 Å². The molecule has 8 nitrogen and oxygen atoms in total. The summed E-state index contributed by atoms with van der Waals surface area (Å²) in [5.74, 6) is -1.06. The first kappa shape index (κ1) is 20.3.